The lowest BCUT2D eigenvalue weighted by atomic mass is 10.3. The minimum absolute atomic E-state index is 0.404. The molecule has 1 aromatic heterocycles. The Morgan fingerprint density at radius 3 is 2.73 bits per heavy atom. The average molecular weight is 298 g/mol. The highest BCUT2D eigenvalue weighted by atomic mass is 16.5. The zero-order valence-corrected chi connectivity index (χ0v) is 11.8. The van der Waals surface area contributed by atoms with Gasteiger partial charge in [0.05, 0.1) is 19.0 Å². The average Bonchev–Trinajstić information content (AvgIpc) is 2.56. The van der Waals surface area contributed by atoms with Crippen molar-refractivity contribution in [3.63, 3.8) is 0 Å². The number of hydrazone groups is 1. The van der Waals surface area contributed by atoms with Gasteiger partial charge < -0.3 is 10.1 Å². The van der Waals surface area contributed by atoms with Gasteiger partial charge in [-0.15, -0.1) is 0 Å². The van der Waals surface area contributed by atoms with Crippen LogP contribution >= 0.6 is 0 Å². The van der Waals surface area contributed by atoms with Crippen molar-refractivity contribution < 1.29 is 14.3 Å². The van der Waals surface area contributed by atoms with Crippen LogP contribution < -0.4 is 15.5 Å². The molecule has 2 rings (SSSR count). The molecule has 0 spiro atoms. The second-order valence-electron chi connectivity index (χ2n) is 4.14. The van der Waals surface area contributed by atoms with Crippen LogP contribution in [0.5, 0.6) is 5.75 Å². The lowest BCUT2D eigenvalue weighted by Crippen LogP contribution is -2.32. The fraction of sp³-hybridized carbons (Fsp3) is 0.0667. The maximum atomic E-state index is 11.8. The molecule has 2 aromatic rings. The number of methoxy groups -OCH3 is 1. The number of pyridine rings is 1. The molecule has 1 heterocycles. The number of hydrogen-bond acceptors (Lipinski definition) is 5. The Labute approximate surface area is 127 Å². The summed E-state index contributed by atoms with van der Waals surface area (Å²) in [6, 6.07) is 10.3. The normalized spacial score (nSPS) is 10.2. The number of benzene rings is 1. The third-order valence-electron chi connectivity index (χ3n) is 2.63. The van der Waals surface area contributed by atoms with Crippen LogP contribution in [0.2, 0.25) is 0 Å². The van der Waals surface area contributed by atoms with Gasteiger partial charge in [0.2, 0.25) is 0 Å². The number of ether oxygens (including phenoxy) is 1. The molecule has 0 fully saturated rings. The molecule has 1 aromatic carbocycles. The molecule has 0 unspecified atom stereocenters. The molecule has 7 nitrogen and oxygen atoms in total. The number of hydrogen-bond donors (Lipinski definition) is 2. The highest BCUT2D eigenvalue weighted by Crippen LogP contribution is 2.22. The predicted octanol–water partition coefficient (Wildman–Crippen LogP) is 1.18. The highest BCUT2D eigenvalue weighted by molar-refractivity contribution is 6.39. The first-order valence-electron chi connectivity index (χ1n) is 6.38. The van der Waals surface area contributed by atoms with E-state index >= 15 is 0 Å². The molecule has 0 aliphatic heterocycles. The van der Waals surface area contributed by atoms with Crippen molar-refractivity contribution in [1.29, 1.82) is 0 Å². The lowest BCUT2D eigenvalue weighted by molar-refractivity contribution is -0.136. The maximum absolute atomic E-state index is 11.8. The molecule has 22 heavy (non-hydrogen) atoms. The van der Waals surface area contributed by atoms with E-state index in [0.717, 1.165) is 0 Å². The number of amides is 2. The maximum Gasteiger partial charge on any atom is 0.329 e. The summed E-state index contributed by atoms with van der Waals surface area (Å²) in [5, 5.41) is 6.14. The van der Waals surface area contributed by atoms with Crippen molar-refractivity contribution in [1.82, 2.24) is 10.4 Å². The van der Waals surface area contributed by atoms with Gasteiger partial charge in [-0.05, 0) is 18.2 Å². The van der Waals surface area contributed by atoms with Gasteiger partial charge in [0, 0.05) is 18.0 Å². The third kappa shape index (κ3) is 4.14. The van der Waals surface area contributed by atoms with Gasteiger partial charge in [0.1, 0.15) is 5.75 Å². The lowest BCUT2D eigenvalue weighted by Gasteiger charge is -2.08. The topological polar surface area (TPSA) is 92.7 Å². The summed E-state index contributed by atoms with van der Waals surface area (Å²) < 4.78 is 5.08. The van der Waals surface area contributed by atoms with Gasteiger partial charge in [0.15, 0.2) is 0 Å². The molecular weight excluding hydrogens is 284 g/mol. The van der Waals surface area contributed by atoms with E-state index in [4.69, 9.17) is 4.74 Å². The summed E-state index contributed by atoms with van der Waals surface area (Å²) in [6.45, 7) is 0. The SMILES string of the molecule is COc1ccccc1NC(=O)C(=O)N/N=C\c1cccnc1. The number of anilines is 1. The van der Waals surface area contributed by atoms with Crippen molar-refractivity contribution in [3.8, 4) is 5.75 Å². The number of aromatic nitrogens is 1. The number of nitrogens with one attached hydrogen (secondary N) is 2. The zero-order chi connectivity index (χ0) is 15.8. The molecule has 2 N–H and O–H groups in total. The van der Waals surface area contributed by atoms with Crippen LogP contribution in [0.1, 0.15) is 5.56 Å². The first-order chi connectivity index (χ1) is 10.7. The summed E-state index contributed by atoms with van der Waals surface area (Å²) in [6.07, 6.45) is 4.59. The Morgan fingerprint density at radius 1 is 1.18 bits per heavy atom. The van der Waals surface area contributed by atoms with Gasteiger partial charge in [-0.3, -0.25) is 14.6 Å². The summed E-state index contributed by atoms with van der Waals surface area (Å²) in [7, 11) is 1.48. The van der Waals surface area contributed by atoms with E-state index in [1.807, 2.05) is 0 Å². The van der Waals surface area contributed by atoms with E-state index in [9.17, 15) is 9.59 Å². The van der Waals surface area contributed by atoms with Crippen LogP contribution in [0.25, 0.3) is 0 Å². The number of carbonyl (C=O) groups is 2. The van der Waals surface area contributed by atoms with Gasteiger partial charge in [-0.25, -0.2) is 5.43 Å². The number of para-hydroxylation sites is 2. The van der Waals surface area contributed by atoms with Crippen molar-refractivity contribution in [3.05, 3.63) is 54.4 Å². The van der Waals surface area contributed by atoms with Crippen LogP contribution in [0.4, 0.5) is 5.69 Å². The van der Waals surface area contributed by atoms with E-state index in [1.54, 1.807) is 48.8 Å². The molecule has 112 valence electrons. The van der Waals surface area contributed by atoms with Crippen LogP contribution in [0.15, 0.2) is 53.9 Å². The molecule has 7 heteroatoms. The molecule has 0 aliphatic carbocycles. The van der Waals surface area contributed by atoms with Gasteiger partial charge in [-0.1, -0.05) is 18.2 Å². The Kier molecular flexibility index (Phi) is 5.20. The smallest absolute Gasteiger partial charge is 0.329 e. The second-order valence-corrected chi connectivity index (χ2v) is 4.14. The van der Waals surface area contributed by atoms with Gasteiger partial charge in [0.25, 0.3) is 0 Å². The summed E-state index contributed by atoms with van der Waals surface area (Å²) in [5.74, 6) is -1.26. The first kappa shape index (κ1) is 15.2. The van der Waals surface area contributed by atoms with E-state index in [1.165, 1.54) is 13.3 Å². The van der Waals surface area contributed by atoms with E-state index in [2.05, 4.69) is 20.8 Å². The molecule has 0 saturated carbocycles. The van der Waals surface area contributed by atoms with E-state index in [0.29, 0.717) is 17.0 Å². The van der Waals surface area contributed by atoms with Crippen molar-refractivity contribution in [2.75, 3.05) is 12.4 Å². The Bertz CT molecular complexity index is 686. The largest absolute Gasteiger partial charge is 0.495 e. The van der Waals surface area contributed by atoms with Crippen LogP contribution in [-0.2, 0) is 9.59 Å². The number of nitrogens with zero attached hydrogens (tertiary/aromatic N) is 2. The highest BCUT2D eigenvalue weighted by Gasteiger charge is 2.14. The zero-order valence-electron chi connectivity index (χ0n) is 11.8. The molecular formula is C15H14N4O3. The van der Waals surface area contributed by atoms with Crippen molar-refractivity contribution in [2.45, 2.75) is 0 Å². The van der Waals surface area contributed by atoms with E-state index < -0.39 is 11.8 Å². The Balaban J connectivity index is 1.92. The summed E-state index contributed by atoms with van der Waals surface area (Å²) >= 11 is 0. The van der Waals surface area contributed by atoms with Crippen LogP contribution in [0, 0.1) is 0 Å². The monoisotopic (exact) mass is 298 g/mol. The fourth-order valence-corrected chi connectivity index (χ4v) is 1.60. The Hall–Kier alpha value is -3.22. The van der Waals surface area contributed by atoms with Crippen molar-refractivity contribution >= 4 is 23.7 Å². The fourth-order valence-electron chi connectivity index (χ4n) is 1.60. The summed E-state index contributed by atoms with van der Waals surface area (Å²) in [5.41, 5.74) is 3.24. The Morgan fingerprint density at radius 2 is 2.00 bits per heavy atom. The predicted molar refractivity (Wildman–Crippen MR) is 81.6 cm³/mol. The number of carbonyl (C=O) groups excluding carboxylic acids is 2. The van der Waals surface area contributed by atoms with Crippen LogP contribution in [0.3, 0.4) is 0 Å². The minimum Gasteiger partial charge on any atom is -0.495 e. The van der Waals surface area contributed by atoms with Gasteiger partial charge >= 0.3 is 11.8 Å². The minimum atomic E-state index is -0.883. The standard InChI is InChI=1S/C15H14N4O3/c1-22-13-7-3-2-6-12(13)18-14(20)15(21)19-17-10-11-5-4-8-16-9-11/h2-10H,1H3,(H,18,20)(H,19,21)/b17-10-. The van der Waals surface area contributed by atoms with Gasteiger partial charge in [-0.2, -0.15) is 5.10 Å². The molecule has 0 atom stereocenters. The first-order valence-corrected chi connectivity index (χ1v) is 6.38. The molecule has 2 amide bonds. The van der Waals surface area contributed by atoms with E-state index in [-0.39, 0.29) is 0 Å². The summed E-state index contributed by atoms with van der Waals surface area (Å²) in [4.78, 5) is 27.3. The molecule has 0 bridgehead atoms. The van der Waals surface area contributed by atoms with Crippen LogP contribution in [-0.4, -0.2) is 30.1 Å². The molecule has 0 aliphatic rings. The molecule has 0 saturated heterocycles. The quantitative estimate of drug-likeness (QED) is 0.503. The second kappa shape index (κ2) is 7.53. The van der Waals surface area contributed by atoms with Crippen molar-refractivity contribution in [2.24, 2.45) is 5.10 Å². The molecule has 0 radical (unpaired) electrons. The third-order valence-corrected chi connectivity index (χ3v) is 2.63. The number of rotatable bonds is 4.